The topological polar surface area (TPSA) is 77.5 Å². The fourth-order valence-corrected chi connectivity index (χ4v) is 1.92. The van der Waals surface area contributed by atoms with Crippen molar-refractivity contribution < 1.29 is 19.1 Å². The lowest BCUT2D eigenvalue weighted by molar-refractivity contribution is -0.119. The molecule has 1 N–H and O–H groups in total. The van der Waals surface area contributed by atoms with Crippen LogP contribution in [-0.4, -0.2) is 30.1 Å². The van der Waals surface area contributed by atoms with Crippen LogP contribution in [0.15, 0.2) is 42.6 Å². The number of rotatable bonds is 6. The maximum atomic E-state index is 11.8. The highest BCUT2D eigenvalue weighted by Crippen LogP contribution is 2.15. The Morgan fingerprint density at radius 1 is 1.22 bits per heavy atom. The van der Waals surface area contributed by atoms with Crippen LogP contribution in [0.1, 0.15) is 17.3 Å². The van der Waals surface area contributed by atoms with Crippen LogP contribution in [0.4, 0.5) is 5.69 Å². The second-order valence-corrected chi connectivity index (χ2v) is 4.84. The van der Waals surface area contributed by atoms with Gasteiger partial charge < -0.3 is 14.8 Å². The van der Waals surface area contributed by atoms with Crippen LogP contribution in [0.25, 0.3) is 0 Å². The fourth-order valence-electron chi connectivity index (χ4n) is 1.74. The first-order valence-electron chi connectivity index (χ1n) is 6.90. The summed E-state index contributed by atoms with van der Waals surface area (Å²) >= 11 is 5.69. The highest BCUT2D eigenvalue weighted by molar-refractivity contribution is 6.29. The van der Waals surface area contributed by atoms with Crippen molar-refractivity contribution in [3.05, 3.63) is 53.3 Å². The molecule has 0 spiro atoms. The van der Waals surface area contributed by atoms with E-state index in [4.69, 9.17) is 21.1 Å². The van der Waals surface area contributed by atoms with Crippen LogP contribution in [0, 0.1) is 0 Å². The van der Waals surface area contributed by atoms with Crippen molar-refractivity contribution in [2.45, 2.75) is 6.92 Å². The zero-order chi connectivity index (χ0) is 16.7. The molecule has 7 heteroatoms. The largest absolute Gasteiger partial charge is 0.494 e. The molecule has 0 bridgehead atoms. The van der Waals surface area contributed by atoms with E-state index in [1.807, 2.05) is 6.92 Å². The molecule has 120 valence electrons. The number of amides is 1. The number of anilines is 1. The monoisotopic (exact) mass is 334 g/mol. The molecule has 0 unspecified atom stereocenters. The van der Waals surface area contributed by atoms with Crippen molar-refractivity contribution in [1.29, 1.82) is 0 Å². The first-order chi connectivity index (χ1) is 11.1. The average Bonchev–Trinajstić information content (AvgIpc) is 2.55. The second kappa shape index (κ2) is 8.14. The Kier molecular flexibility index (Phi) is 5.94. The quantitative estimate of drug-likeness (QED) is 0.649. The van der Waals surface area contributed by atoms with Crippen LogP contribution in [-0.2, 0) is 9.53 Å². The maximum Gasteiger partial charge on any atom is 0.338 e. The molecule has 0 saturated heterocycles. The van der Waals surface area contributed by atoms with Gasteiger partial charge in [-0.25, -0.2) is 9.78 Å². The van der Waals surface area contributed by atoms with Gasteiger partial charge in [0.1, 0.15) is 10.9 Å². The Hall–Kier alpha value is -2.60. The number of carbonyl (C=O) groups is 2. The van der Waals surface area contributed by atoms with Gasteiger partial charge in [0.05, 0.1) is 12.2 Å². The number of esters is 1. The Morgan fingerprint density at radius 3 is 2.61 bits per heavy atom. The van der Waals surface area contributed by atoms with E-state index in [0.717, 1.165) is 0 Å². The van der Waals surface area contributed by atoms with Gasteiger partial charge in [0.2, 0.25) is 0 Å². The van der Waals surface area contributed by atoms with Gasteiger partial charge in [0.15, 0.2) is 6.61 Å². The van der Waals surface area contributed by atoms with E-state index in [1.54, 1.807) is 24.3 Å². The Bertz CT molecular complexity index is 689. The highest BCUT2D eigenvalue weighted by Gasteiger charge is 2.11. The van der Waals surface area contributed by atoms with E-state index < -0.39 is 18.5 Å². The van der Waals surface area contributed by atoms with E-state index in [1.165, 1.54) is 18.3 Å². The van der Waals surface area contributed by atoms with Crippen LogP contribution in [0.3, 0.4) is 0 Å². The predicted octanol–water partition coefficient (Wildman–Crippen LogP) is 2.93. The van der Waals surface area contributed by atoms with E-state index >= 15 is 0 Å². The minimum Gasteiger partial charge on any atom is -0.494 e. The highest BCUT2D eigenvalue weighted by atomic mass is 35.5. The molecule has 0 saturated carbocycles. The zero-order valence-electron chi connectivity index (χ0n) is 12.4. The molecule has 0 fully saturated rings. The van der Waals surface area contributed by atoms with Crippen LogP contribution < -0.4 is 10.1 Å². The molecule has 0 atom stereocenters. The molecule has 1 heterocycles. The van der Waals surface area contributed by atoms with Gasteiger partial charge in [-0.05, 0) is 43.3 Å². The summed E-state index contributed by atoms with van der Waals surface area (Å²) in [4.78, 5) is 27.3. The molecule has 1 aromatic heterocycles. The fraction of sp³-hybridized carbons (Fsp3) is 0.188. The molecule has 6 nitrogen and oxygen atoms in total. The summed E-state index contributed by atoms with van der Waals surface area (Å²) in [6, 6.07) is 9.71. The molecule has 1 amide bonds. The summed E-state index contributed by atoms with van der Waals surface area (Å²) in [6.07, 6.45) is 1.39. The van der Waals surface area contributed by atoms with Crippen molar-refractivity contribution in [3.63, 3.8) is 0 Å². The standard InChI is InChI=1S/C16H15ClN2O4/c1-2-22-13-5-3-12(4-6-13)19-15(20)10-23-16(21)11-7-8-18-14(17)9-11/h3-9H,2,10H2,1H3,(H,19,20). The molecule has 2 rings (SSSR count). The smallest absolute Gasteiger partial charge is 0.338 e. The van der Waals surface area contributed by atoms with Crippen molar-refractivity contribution in [3.8, 4) is 5.75 Å². The van der Waals surface area contributed by atoms with Gasteiger partial charge in [-0.15, -0.1) is 0 Å². The zero-order valence-corrected chi connectivity index (χ0v) is 13.2. The number of hydrogen-bond acceptors (Lipinski definition) is 5. The summed E-state index contributed by atoms with van der Waals surface area (Å²) in [6.45, 7) is 2.06. The van der Waals surface area contributed by atoms with Crippen molar-refractivity contribution >= 4 is 29.2 Å². The van der Waals surface area contributed by atoms with Crippen molar-refractivity contribution in [2.75, 3.05) is 18.5 Å². The molecule has 0 aliphatic rings. The Labute approximate surface area is 138 Å². The SMILES string of the molecule is CCOc1ccc(NC(=O)COC(=O)c2ccnc(Cl)c2)cc1. The first-order valence-corrected chi connectivity index (χ1v) is 7.27. The van der Waals surface area contributed by atoms with E-state index in [0.29, 0.717) is 18.0 Å². The van der Waals surface area contributed by atoms with Crippen LogP contribution in [0.5, 0.6) is 5.75 Å². The predicted molar refractivity (Wildman–Crippen MR) is 85.8 cm³/mol. The molecule has 23 heavy (non-hydrogen) atoms. The lowest BCUT2D eigenvalue weighted by Crippen LogP contribution is -2.20. The van der Waals surface area contributed by atoms with Gasteiger partial charge in [0, 0.05) is 11.9 Å². The normalized spacial score (nSPS) is 10.0. The summed E-state index contributed by atoms with van der Waals surface area (Å²) < 4.78 is 10.2. The first kappa shape index (κ1) is 16.8. The van der Waals surface area contributed by atoms with Crippen LogP contribution in [0.2, 0.25) is 5.15 Å². The molecule has 1 aromatic carbocycles. The molecule has 0 aliphatic heterocycles. The van der Waals surface area contributed by atoms with E-state index in [-0.39, 0.29) is 10.7 Å². The minimum atomic E-state index is -0.642. The van der Waals surface area contributed by atoms with Gasteiger partial charge in [-0.3, -0.25) is 4.79 Å². The number of carbonyl (C=O) groups excluding carboxylic acids is 2. The van der Waals surface area contributed by atoms with Crippen LogP contribution >= 0.6 is 11.6 Å². The van der Waals surface area contributed by atoms with E-state index in [2.05, 4.69) is 10.3 Å². The van der Waals surface area contributed by atoms with Gasteiger partial charge in [-0.1, -0.05) is 11.6 Å². The molecule has 0 radical (unpaired) electrons. The minimum absolute atomic E-state index is 0.179. The number of aromatic nitrogens is 1. The number of nitrogens with one attached hydrogen (secondary N) is 1. The molecular formula is C16H15ClN2O4. The third-order valence-electron chi connectivity index (χ3n) is 2.75. The van der Waals surface area contributed by atoms with Gasteiger partial charge in [-0.2, -0.15) is 0 Å². The Balaban J connectivity index is 1.84. The maximum absolute atomic E-state index is 11.8. The molecule has 0 aliphatic carbocycles. The van der Waals surface area contributed by atoms with Crippen molar-refractivity contribution in [2.24, 2.45) is 0 Å². The summed E-state index contributed by atoms with van der Waals surface area (Å²) in [5.74, 6) is -0.370. The number of pyridine rings is 1. The second-order valence-electron chi connectivity index (χ2n) is 4.45. The van der Waals surface area contributed by atoms with Gasteiger partial charge in [0.25, 0.3) is 5.91 Å². The summed E-state index contributed by atoms with van der Waals surface area (Å²) in [7, 11) is 0. The van der Waals surface area contributed by atoms with Gasteiger partial charge >= 0.3 is 5.97 Å². The summed E-state index contributed by atoms with van der Waals surface area (Å²) in [5.41, 5.74) is 0.820. The number of ether oxygens (including phenoxy) is 2. The Morgan fingerprint density at radius 2 is 1.96 bits per heavy atom. The molecule has 2 aromatic rings. The number of nitrogens with zero attached hydrogens (tertiary/aromatic N) is 1. The third-order valence-corrected chi connectivity index (χ3v) is 2.95. The number of hydrogen-bond donors (Lipinski definition) is 1. The number of halogens is 1. The lowest BCUT2D eigenvalue weighted by atomic mass is 10.3. The average molecular weight is 335 g/mol. The van der Waals surface area contributed by atoms with Crippen molar-refractivity contribution in [1.82, 2.24) is 4.98 Å². The number of benzene rings is 1. The summed E-state index contributed by atoms with van der Waals surface area (Å²) in [5, 5.41) is 2.80. The van der Waals surface area contributed by atoms with E-state index in [9.17, 15) is 9.59 Å². The molecular weight excluding hydrogens is 320 g/mol. The lowest BCUT2D eigenvalue weighted by Gasteiger charge is -2.08. The third kappa shape index (κ3) is 5.27.